The number of aliphatic hydroxyl groups excluding tert-OH is 1. The lowest BCUT2D eigenvalue weighted by molar-refractivity contribution is -0.117. The SMILES string of the molecule is CCN(CC(O)C(Cc1ccccc1)NC(=O)c1cc(N2CCCC2=O)c(Cl)c(N2CCCC2=O)c1)C(=O)NC1CCCCC1. The summed E-state index contributed by atoms with van der Waals surface area (Å²) in [5, 5.41) is 17.9. The van der Waals surface area contributed by atoms with Crippen molar-refractivity contribution in [1.82, 2.24) is 15.5 Å². The Labute approximate surface area is 270 Å². The molecule has 5 amide bonds. The molecule has 2 aliphatic heterocycles. The topological polar surface area (TPSA) is 122 Å². The average molecular weight is 638 g/mol. The van der Waals surface area contributed by atoms with Gasteiger partial charge in [-0.2, -0.15) is 0 Å². The summed E-state index contributed by atoms with van der Waals surface area (Å²) in [6.07, 6.45) is 6.67. The monoisotopic (exact) mass is 637 g/mol. The van der Waals surface area contributed by atoms with E-state index in [0.717, 1.165) is 31.2 Å². The minimum atomic E-state index is -1.07. The Bertz CT molecular complexity index is 1340. The molecule has 3 aliphatic rings. The molecule has 1 aliphatic carbocycles. The standard InChI is InChI=1S/C34H44ClN5O5/c1-2-38(34(45)36-25-13-7-4-8-14-25)22-29(41)26(19-23-11-5-3-6-12-23)37-33(44)24-20-27(39-17-9-15-30(39)42)32(35)28(21-24)40-18-10-16-31(40)43/h3,5-6,11-12,20-21,25-26,29,41H,2,4,7-10,13-19,22H2,1H3,(H,36,45)(H,37,44). The third-order valence-electron chi connectivity index (χ3n) is 9.11. The van der Waals surface area contributed by atoms with Gasteiger partial charge >= 0.3 is 6.03 Å². The van der Waals surface area contributed by atoms with Crippen molar-refractivity contribution >= 4 is 46.7 Å². The molecule has 45 heavy (non-hydrogen) atoms. The first-order chi connectivity index (χ1) is 21.7. The van der Waals surface area contributed by atoms with Crippen LogP contribution in [0.3, 0.4) is 0 Å². The van der Waals surface area contributed by atoms with Crippen LogP contribution in [0.15, 0.2) is 42.5 Å². The van der Waals surface area contributed by atoms with E-state index in [1.54, 1.807) is 26.8 Å². The lowest BCUT2D eigenvalue weighted by Crippen LogP contribution is -2.53. The first-order valence-electron chi connectivity index (χ1n) is 16.3. The van der Waals surface area contributed by atoms with Crippen LogP contribution in [0.4, 0.5) is 16.2 Å². The molecule has 2 atom stereocenters. The summed E-state index contributed by atoms with van der Waals surface area (Å²) < 4.78 is 0. The normalized spacial score (nSPS) is 18.6. The molecular weight excluding hydrogens is 594 g/mol. The van der Waals surface area contributed by atoms with Gasteiger partial charge in [-0.3, -0.25) is 14.4 Å². The molecule has 0 aromatic heterocycles. The number of hydrogen-bond donors (Lipinski definition) is 3. The van der Waals surface area contributed by atoms with Crippen LogP contribution in [0.1, 0.15) is 80.6 Å². The van der Waals surface area contributed by atoms with Crippen LogP contribution in [0, 0.1) is 0 Å². The third-order valence-corrected chi connectivity index (χ3v) is 9.50. The first-order valence-corrected chi connectivity index (χ1v) is 16.7. The Balaban J connectivity index is 1.40. The van der Waals surface area contributed by atoms with Crippen molar-refractivity contribution in [2.45, 2.75) is 89.3 Å². The summed E-state index contributed by atoms with van der Waals surface area (Å²) in [5.41, 5.74) is 1.95. The van der Waals surface area contributed by atoms with E-state index < -0.39 is 18.1 Å². The fourth-order valence-electron chi connectivity index (χ4n) is 6.55. The van der Waals surface area contributed by atoms with Crippen LogP contribution in [0.5, 0.6) is 0 Å². The van der Waals surface area contributed by atoms with Gasteiger partial charge in [0.15, 0.2) is 0 Å². The number of aliphatic hydroxyl groups is 1. The van der Waals surface area contributed by atoms with Gasteiger partial charge in [0.05, 0.1) is 35.1 Å². The van der Waals surface area contributed by atoms with Crippen molar-refractivity contribution in [1.29, 1.82) is 0 Å². The molecule has 1 saturated carbocycles. The number of benzene rings is 2. The first kappa shape index (κ1) is 32.8. The summed E-state index contributed by atoms with van der Waals surface area (Å²) in [7, 11) is 0. The number of urea groups is 1. The second-order valence-electron chi connectivity index (χ2n) is 12.3. The summed E-state index contributed by atoms with van der Waals surface area (Å²) in [4.78, 5) is 57.2. The van der Waals surface area contributed by atoms with Crippen LogP contribution < -0.4 is 20.4 Å². The van der Waals surface area contributed by atoms with E-state index in [-0.39, 0.29) is 41.0 Å². The quantitative estimate of drug-likeness (QED) is 0.331. The molecule has 10 nitrogen and oxygen atoms in total. The average Bonchev–Trinajstić information content (AvgIpc) is 3.67. The van der Waals surface area contributed by atoms with E-state index in [2.05, 4.69) is 10.6 Å². The van der Waals surface area contributed by atoms with Crippen molar-refractivity contribution in [3.63, 3.8) is 0 Å². The Hall–Kier alpha value is -3.63. The largest absolute Gasteiger partial charge is 0.389 e. The molecule has 2 saturated heterocycles. The van der Waals surface area contributed by atoms with Gasteiger partial charge in [-0.05, 0) is 56.7 Å². The fraction of sp³-hybridized carbons (Fsp3) is 0.529. The highest BCUT2D eigenvalue weighted by Crippen LogP contribution is 2.40. The minimum absolute atomic E-state index is 0.0362. The van der Waals surface area contributed by atoms with Gasteiger partial charge < -0.3 is 30.4 Å². The van der Waals surface area contributed by atoms with Crippen molar-refractivity contribution in [2.24, 2.45) is 0 Å². The van der Waals surface area contributed by atoms with Gasteiger partial charge in [0.1, 0.15) is 0 Å². The maximum absolute atomic E-state index is 13.9. The molecular formula is C34H44ClN5O5. The van der Waals surface area contributed by atoms with Crippen LogP contribution in [-0.2, 0) is 16.0 Å². The van der Waals surface area contributed by atoms with Crippen LogP contribution in [0.25, 0.3) is 0 Å². The molecule has 0 bridgehead atoms. The lowest BCUT2D eigenvalue weighted by atomic mass is 9.96. The summed E-state index contributed by atoms with van der Waals surface area (Å²) in [6.45, 7) is 3.26. The van der Waals surface area contributed by atoms with Crippen LogP contribution in [0.2, 0.25) is 5.02 Å². The molecule has 5 rings (SSSR count). The Morgan fingerprint density at radius 2 is 1.56 bits per heavy atom. The predicted molar refractivity (Wildman–Crippen MR) is 175 cm³/mol. The van der Waals surface area contributed by atoms with Gasteiger partial charge in [0.25, 0.3) is 5.91 Å². The zero-order chi connectivity index (χ0) is 31.9. The van der Waals surface area contributed by atoms with Crippen LogP contribution in [-0.4, -0.2) is 78.1 Å². The number of amides is 5. The highest BCUT2D eigenvalue weighted by Gasteiger charge is 2.32. The number of nitrogens with zero attached hydrogens (tertiary/aromatic N) is 3. The molecule has 2 aromatic rings. The van der Waals surface area contributed by atoms with Crippen molar-refractivity contribution < 1.29 is 24.3 Å². The van der Waals surface area contributed by atoms with Crippen molar-refractivity contribution in [2.75, 3.05) is 36.0 Å². The Morgan fingerprint density at radius 3 is 2.09 bits per heavy atom. The number of nitrogens with one attached hydrogen (secondary N) is 2. The summed E-state index contributed by atoms with van der Waals surface area (Å²) >= 11 is 6.81. The highest BCUT2D eigenvalue weighted by atomic mass is 35.5. The second kappa shape index (κ2) is 15.1. The van der Waals surface area contributed by atoms with E-state index >= 15 is 0 Å². The third kappa shape index (κ3) is 7.97. The predicted octanol–water partition coefficient (Wildman–Crippen LogP) is 4.66. The van der Waals surface area contributed by atoms with Crippen molar-refractivity contribution in [3.05, 3.63) is 58.6 Å². The zero-order valence-corrected chi connectivity index (χ0v) is 26.7. The molecule has 2 heterocycles. The Kier molecular flexibility index (Phi) is 11.0. The fourth-order valence-corrected chi connectivity index (χ4v) is 6.86. The smallest absolute Gasteiger partial charge is 0.317 e. The molecule has 2 unspecified atom stereocenters. The second-order valence-corrected chi connectivity index (χ2v) is 12.7. The molecule has 0 spiro atoms. The van der Waals surface area contributed by atoms with Crippen molar-refractivity contribution in [3.8, 4) is 0 Å². The van der Waals surface area contributed by atoms with E-state index in [1.807, 2.05) is 37.3 Å². The number of likely N-dealkylation sites (N-methyl/N-ethyl adjacent to an activating group) is 1. The molecule has 3 fully saturated rings. The highest BCUT2D eigenvalue weighted by molar-refractivity contribution is 6.37. The van der Waals surface area contributed by atoms with Gasteiger partial charge in [-0.1, -0.05) is 61.2 Å². The van der Waals surface area contributed by atoms with Gasteiger partial charge in [0.2, 0.25) is 11.8 Å². The summed E-state index contributed by atoms with van der Waals surface area (Å²) in [6, 6.07) is 11.9. The maximum atomic E-state index is 13.9. The van der Waals surface area contributed by atoms with E-state index in [0.29, 0.717) is 63.1 Å². The molecule has 0 radical (unpaired) electrons. The molecule has 3 N–H and O–H groups in total. The van der Waals surface area contributed by atoms with Gasteiger partial charge in [0, 0.05) is 44.1 Å². The molecule has 11 heteroatoms. The van der Waals surface area contributed by atoms with E-state index in [1.165, 1.54) is 6.42 Å². The number of anilines is 2. The Morgan fingerprint density at radius 1 is 0.956 bits per heavy atom. The zero-order valence-electron chi connectivity index (χ0n) is 26.0. The number of carbonyl (C=O) groups is 4. The van der Waals surface area contributed by atoms with Gasteiger partial charge in [-0.25, -0.2) is 4.79 Å². The van der Waals surface area contributed by atoms with E-state index in [9.17, 15) is 24.3 Å². The number of carbonyl (C=O) groups excluding carboxylic acids is 4. The summed E-state index contributed by atoms with van der Waals surface area (Å²) in [5.74, 6) is -0.643. The number of rotatable bonds is 11. The maximum Gasteiger partial charge on any atom is 0.317 e. The lowest BCUT2D eigenvalue weighted by Gasteiger charge is -2.32. The molecule has 2 aromatic carbocycles. The van der Waals surface area contributed by atoms with Gasteiger partial charge in [-0.15, -0.1) is 0 Å². The van der Waals surface area contributed by atoms with E-state index in [4.69, 9.17) is 11.6 Å². The van der Waals surface area contributed by atoms with Crippen LogP contribution >= 0.6 is 11.6 Å². The minimum Gasteiger partial charge on any atom is -0.389 e. The number of hydrogen-bond acceptors (Lipinski definition) is 5. The molecule has 242 valence electrons. The number of halogens is 1.